The van der Waals surface area contributed by atoms with Gasteiger partial charge in [0.2, 0.25) is 0 Å². The molecule has 1 rings (SSSR count). The Kier molecular flexibility index (Phi) is 3.84. The average molecular weight is 184 g/mol. The van der Waals surface area contributed by atoms with Crippen molar-refractivity contribution in [1.82, 2.24) is 10.6 Å². The van der Waals surface area contributed by atoms with Crippen LogP contribution in [-0.4, -0.2) is 19.9 Å². The zero-order valence-electron chi connectivity index (χ0n) is 7.37. The van der Waals surface area contributed by atoms with E-state index in [9.17, 15) is 4.79 Å². The molecule has 2 amide bonds. The predicted molar refractivity (Wildman–Crippen MR) is 46.0 cm³/mol. The maximum absolute atomic E-state index is 11.0. The number of rotatable bonds is 4. The van der Waals surface area contributed by atoms with Gasteiger partial charge in [-0.15, -0.1) is 0 Å². The van der Waals surface area contributed by atoms with Crippen LogP contribution in [0.3, 0.4) is 0 Å². The number of hydrogen-bond acceptors (Lipinski definition) is 3. The van der Waals surface area contributed by atoms with Gasteiger partial charge >= 0.3 is 6.03 Å². The van der Waals surface area contributed by atoms with Crippen LogP contribution in [0.1, 0.15) is 5.76 Å². The fourth-order valence-corrected chi connectivity index (χ4v) is 0.781. The van der Waals surface area contributed by atoms with Gasteiger partial charge in [0.15, 0.2) is 0 Å². The molecule has 0 unspecified atom stereocenters. The number of nitrogens with one attached hydrogen (secondary N) is 2. The molecule has 0 aliphatic carbocycles. The molecule has 13 heavy (non-hydrogen) atoms. The Hall–Kier alpha value is -1.49. The predicted octanol–water partition coefficient (Wildman–Crippen LogP) is 0.683. The van der Waals surface area contributed by atoms with E-state index in [-0.39, 0.29) is 12.8 Å². The second kappa shape index (κ2) is 5.21. The summed E-state index contributed by atoms with van der Waals surface area (Å²) < 4.78 is 9.67. The molecular weight excluding hydrogens is 172 g/mol. The number of methoxy groups -OCH3 is 1. The Morgan fingerprint density at radius 1 is 1.62 bits per heavy atom. The lowest BCUT2D eigenvalue weighted by atomic mass is 10.4. The Labute approximate surface area is 76.1 Å². The van der Waals surface area contributed by atoms with Gasteiger partial charge < -0.3 is 19.8 Å². The quantitative estimate of drug-likeness (QED) is 0.676. The average Bonchev–Trinajstić information content (AvgIpc) is 2.64. The summed E-state index contributed by atoms with van der Waals surface area (Å²) in [6, 6.07) is 3.28. The molecule has 72 valence electrons. The maximum atomic E-state index is 11.0. The zero-order chi connectivity index (χ0) is 9.52. The van der Waals surface area contributed by atoms with Crippen molar-refractivity contribution in [3.8, 4) is 0 Å². The van der Waals surface area contributed by atoms with Crippen molar-refractivity contribution in [1.29, 1.82) is 0 Å². The van der Waals surface area contributed by atoms with Crippen LogP contribution in [0.25, 0.3) is 0 Å². The van der Waals surface area contributed by atoms with E-state index in [2.05, 4.69) is 15.4 Å². The molecule has 0 atom stereocenters. The molecule has 5 nitrogen and oxygen atoms in total. The van der Waals surface area contributed by atoms with Gasteiger partial charge in [-0.2, -0.15) is 0 Å². The lowest BCUT2D eigenvalue weighted by molar-refractivity contribution is 0.172. The molecule has 2 N–H and O–H groups in total. The molecule has 0 aliphatic rings. The molecule has 1 heterocycles. The van der Waals surface area contributed by atoms with Crippen LogP contribution in [0.2, 0.25) is 0 Å². The highest BCUT2D eigenvalue weighted by atomic mass is 16.5. The van der Waals surface area contributed by atoms with Gasteiger partial charge in [-0.05, 0) is 12.1 Å². The zero-order valence-corrected chi connectivity index (χ0v) is 7.37. The molecule has 1 aromatic rings. The standard InChI is InChI=1S/C8H12N2O3/c1-12-6-10-8(11)9-5-7-3-2-4-13-7/h2-4H,5-6H2,1H3,(H2,9,10,11). The van der Waals surface area contributed by atoms with E-state index in [4.69, 9.17) is 4.42 Å². The minimum atomic E-state index is -0.279. The first-order valence-electron chi connectivity index (χ1n) is 3.86. The number of ether oxygens (including phenoxy) is 1. The molecule has 5 heteroatoms. The summed E-state index contributed by atoms with van der Waals surface area (Å²) in [6.45, 7) is 0.576. The van der Waals surface area contributed by atoms with E-state index < -0.39 is 0 Å². The van der Waals surface area contributed by atoms with Crippen LogP contribution >= 0.6 is 0 Å². The summed E-state index contributed by atoms with van der Waals surface area (Å²) in [4.78, 5) is 11.0. The number of carbonyl (C=O) groups excluding carboxylic acids is 1. The van der Waals surface area contributed by atoms with Crippen molar-refractivity contribution in [2.45, 2.75) is 6.54 Å². The molecule has 0 fully saturated rings. The van der Waals surface area contributed by atoms with Crippen molar-refractivity contribution >= 4 is 6.03 Å². The highest BCUT2D eigenvalue weighted by Gasteiger charge is 1.99. The van der Waals surface area contributed by atoms with Crippen molar-refractivity contribution in [2.75, 3.05) is 13.8 Å². The number of hydrogen-bond donors (Lipinski definition) is 2. The van der Waals surface area contributed by atoms with E-state index >= 15 is 0 Å². The van der Waals surface area contributed by atoms with E-state index in [0.717, 1.165) is 0 Å². The van der Waals surface area contributed by atoms with Gasteiger partial charge in [-0.25, -0.2) is 4.79 Å². The number of carbonyl (C=O) groups is 1. The molecule has 0 saturated heterocycles. The number of amides is 2. The minimum Gasteiger partial charge on any atom is -0.467 e. The second-order valence-electron chi connectivity index (χ2n) is 2.37. The highest BCUT2D eigenvalue weighted by Crippen LogP contribution is 1.97. The van der Waals surface area contributed by atoms with Crippen LogP contribution in [0.15, 0.2) is 22.8 Å². The van der Waals surface area contributed by atoms with Gasteiger partial charge in [-0.1, -0.05) is 0 Å². The summed E-state index contributed by atoms with van der Waals surface area (Å²) in [5.74, 6) is 0.715. The third-order valence-electron chi connectivity index (χ3n) is 1.38. The molecular formula is C8H12N2O3. The van der Waals surface area contributed by atoms with E-state index in [1.807, 2.05) is 0 Å². The topological polar surface area (TPSA) is 63.5 Å². The van der Waals surface area contributed by atoms with Crippen LogP contribution in [-0.2, 0) is 11.3 Å². The van der Waals surface area contributed by atoms with Crippen LogP contribution in [0.5, 0.6) is 0 Å². The van der Waals surface area contributed by atoms with Gasteiger partial charge in [0.1, 0.15) is 12.5 Å². The van der Waals surface area contributed by atoms with Crippen LogP contribution < -0.4 is 10.6 Å². The molecule has 0 aliphatic heterocycles. The fraction of sp³-hybridized carbons (Fsp3) is 0.375. The Bertz CT molecular complexity index is 246. The monoisotopic (exact) mass is 184 g/mol. The largest absolute Gasteiger partial charge is 0.467 e. The lowest BCUT2D eigenvalue weighted by Crippen LogP contribution is -2.35. The summed E-state index contributed by atoms with van der Waals surface area (Å²) in [7, 11) is 1.51. The van der Waals surface area contributed by atoms with E-state index in [1.165, 1.54) is 7.11 Å². The van der Waals surface area contributed by atoms with Gasteiger partial charge in [0.05, 0.1) is 12.8 Å². The Morgan fingerprint density at radius 3 is 3.08 bits per heavy atom. The molecule has 0 saturated carbocycles. The van der Waals surface area contributed by atoms with Crippen molar-refractivity contribution in [3.63, 3.8) is 0 Å². The van der Waals surface area contributed by atoms with Crippen molar-refractivity contribution in [3.05, 3.63) is 24.2 Å². The number of urea groups is 1. The van der Waals surface area contributed by atoms with Gasteiger partial charge in [-0.3, -0.25) is 0 Å². The van der Waals surface area contributed by atoms with Crippen LogP contribution in [0, 0.1) is 0 Å². The lowest BCUT2D eigenvalue weighted by Gasteiger charge is -2.04. The summed E-state index contributed by atoms with van der Waals surface area (Å²) in [5, 5.41) is 5.08. The summed E-state index contributed by atoms with van der Waals surface area (Å²) >= 11 is 0. The molecule has 0 bridgehead atoms. The van der Waals surface area contributed by atoms with Crippen molar-refractivity contribution < 1.29 is 13.9 Å². The first kappa shape index (κ1) is 9.60. The fourth-order valence-electron chi connectivity index (χ4n) is 0.781. The Morgan fingerprint density at radius 2 is 2.46 bits per heavy atom. The van der Waals surface area contributed by atoms with Gasteiger partial charge in [0.25, 0.3) is 0 Å². The SMILES string of the molecule is COCNC(=O)NCc1ccco1. The summed E-state index contributed by atoms with van der Waals surface area (Å²) in [5.41, 5.74) is 0. The first-order valence-corrected chi connectivity index (χ1v) is 3.86. The van der Waals surface area contributed by atoms with Crippen molar-refractivity contribution in [2.24, 2.45) is 0 Å². The molecule has 0 aromatic carbocycles. The normalized spacial score (nSPS) is 9.62. The van der Waals surface area contributed by atoms with Gasteiger partial charge in [0, 0.05) is 7.11 Å². The summed E-state index contributed by atoms with van der Waals surface area (Å²) in [6.07, 6.45) is 1.56. The Balaban J connectivity index is 2.15. The van der Waals surface area contributed by atoms with Crippen LogP contribution in [0.4, 0.5) is 4.79 Å². The minimum absolute atomic E-state index is 0.198. The molecule has 0 spiro atoms. The number of furan rings is 1. The third kappa shape index (κ3) is 3.62. The molecule has 0 radical (unpaired) electrons. The van der Waals surface area contributed by atoms with E-state index in [0.29, 0.717) is 12.3 Å². The second-order valence-corrected chi connectivity index (χ2v) is 2.37. The molecule has 1 aromatic heterocycles. The van der Waals surface area contributed by atoms with E-state index in [1.54, 1.807) is 18.4 Å². The maximum Gasteiger partial charge on any atom is 0.316 e. The smallest absolute Gasteiger partial charge is 0.316 e. The third-order valence-corrected chi connectivity index (χ3v) is 1.38. The highest BCUT2D eigenvalue weighted by molar-refractivity contribution is 5.73. The first-order chi connectivity index (χ1) is 6.33.